The largest absolute Gasteiger partial charge is 0.435 e. The van der Waals surface area contributed by atoms with Gasteiger partial charge in [0, 0.05) is 23.3 Å². The Morgan fingerprint density at radius 2 is 1.76 bits per heavy atom. The first kappa shape index (κ1) is 18.5. The maximum atomic E-state index is 12.5. The number of benzene rings is 2. The second-order valence-corrected chi connectivity index (χ2v) is 6.24. The molecule has 0 bridgehead atoms. The lowest BCUT2D eigenvalue weighted by molar-refractivity contribution is -0.0498. The molecule has 4 rings (SSSR count). The van der Waals surface area contributed by atoms with Gasteiger partial charge in [0.15, 0.2) is 5.82 Å². The van der Waals surface area contributed by atoms with E-state index in [0.717, 1.165) is 16.5 Å². The minimum absolute atomic E-state index is 0.0966. The van der Waals surface area contributed by atoms with Crippen molar-refractivity contribution in [2.45, 2.75) is 13.2 Å². The molecule has 6 nitrogen and oxygen atoms in total. The van der Waals surface area contributed by atoms with Crippen molar-refractivity contribution < 1.29 is 18.3 Å². The van der Waals surface area contributed by atoms with Crippen molar-refractivity contribution in [2.75, 3.05) is 5.32 Å². The zero-order valence-corrected chi connectivity index (χ0v) is 15.1. The molecule has 2 aromatic carbocycles. The SMILES string of the molecule is O=C(Nc1nn(Cc2ccc(OC(F)F)cc2)c2ccccc12)c1ccncc1. The van der Waals surface area contributed by atoms with Gasteiger partial charge in [-0.3, -0.25) is 14.5 Å². The molecule has 0 aliphatic heterocycles. The summed E-state index contributed by atoms with van der Waals surface area (Å²) in [4.78, 5) is 16.4. The molecule has 0 spiro atoms. The van der Waals surface area contributed by atoms with E-state index >= 15 is 0 Å². The number of hydrogen-bond donors (Lipinski definition) is 1. The smallest absolute Gasteiger partial charge is 0.387 e. The van der Waals surface area contributed by atoms with Gasteiger partial charge in [-0.25, -0.2) is 0 Å². The maximum Gasteiger partial charge on any atom is 0.387 e. The van der Waals surface area contributed by atoms with Crippen molar-refractivity contribution in [2.24, 2.45) is 0 Å². The van der Waals surface area contributed by atoms with Gasteiger partial charge in [-0.1, -0.05) is 24.3 Å². The van der Waals surface area contributed by atoms with Gasteiger partial charge in [0.25, 0.3) is 5.91 Å². The first-order valence-electron chi connectivity index (χ1n) is 8.81. The standard InChI is InChI=1S/C21H16F2N4O2/c22-21(23)29-16-7-5-14(6-8-16)13-27-18-4-2-1-3-17(18)19(26-27)25-20(28)15-9-11-24-12-10-15/h1-12,21H,13H2,(H,25,26,28). The number of para-hydroxylation sites is 1. The van der Waals surface area contributed by atoms with Crippen LogP contribution < -0.4 is 10.1 Å². The summed E-state index contributed by atoms with van der Waals surface area (Å²) in [5.41, 5.74) is 2.17. The number of anilines is 1. The summed E-state index contributed by atoms with van der Waals surface area (Å²) in [6, 6.07) is 17.1. The molecule has 29 heavy (non-hydrogen) atoms. The van der Waals surface area contributed by atoms with E-state index < -0.39 is 6.61 Å². The Balaban J connectivity index is 1.60. The fourth-order valence-electron chi connectivity index (χ4n) is 2.97. The van der Waals surface area contributed by atoms with Crippen LogP contribution in [0.5, 0.6) is 5.75 Å². The van der Waals surface area contributed by atoms with Crippen LogP contribution in [-0.2, 0) is 6.54 Å². The molecule has 2 heterocycles. The lowest BCUT2D eigenvalue weighted by atomic mass is 10.2. The normalized spacial score (nSPS) is 11.0. The molecule has 4 aromatic rings. The number of amides is 1. The van der Waals surface area contributed by atoms with Crippen LogP contribution in [0.2, 0.25) is 0 Å². The van der Waals surface area contributed by atoms with Crippen LogP contribution in [0.1, 0.15) is 15.9 Å². The Morgan fingerprint density at radius 3 is 2.48 bits per heavy atom. The Morgan fingerprint density at radius 1 is 1.03 bits per heavy atom. The molecular weight excluding hydrogens is 378 g/mol. The molecule has 0 aliphatic rings. The number of halogens is 2. The Bertz CT molecular complexity index is 1130. The predicted octanol–water partition coefficient (Wildman–Crippen LogP) is 4.33. The molecule has 1 N–H and O–H groups in total. The van der Waals surface area contributed by atoms with Crippen molar-refractivity contribution in [3.05, 3.63) is 84.2 Å². The molecule has 0 aliphatic carbocycles. The number of hydrogen-bond acceptors (Lipinski definition) is 4. The Kier molecular flexibility index (Phi) is 5.15. The number of ether oxygens (including phenoxy) is 1. The Hall–Kier alpha value is -3.81. The fourth-order valence-corrected chi connectivity index (χ4v) is 2.97. The number of carbonyl (C=O) groups is 1. The highest BCUT2D eigenvalue weighted by Gasteiger charge is 2.14. The highest BCUT2D eigenvalue weighted by atomic mass is 19.3. The number of pyridine rings is 1. The summed E-state index contributed by atoms with van der Waals surface area (Å²) >= 11 is 0. The molecule has 2 aromatic heterocycles. The second kappa shape index (κ2) is 8.05. The van der Waals surface area contributed by atoms with Crippen LogP contribution in [-0.4, -0.2) is 27.3 Å². The van der Waals surface area contributed by atoms with Gasteiger partial charge in [-0.15, -0.1) is 0 Å². The van der Waals surface area contributed by atoms with Gasteiger partial charge in [0.2, 0.25) is 0 Å². The summed E-state index contributed by atoms with van der Waals surface area (Å²) in [6.45, 7) is -2.46. The number of nitrogens with zero attached hydrogens (tertiary/aromatic N) is 3. The Labute approximate surface area is 164 Å². The van der Waals surface area contributed by atoms with Crippen LogP contribution in [0.25, 0.3) is 10.9 Å². The fraction of sp³-hybridized carbons (Fsp3) is 0.0952. The number of carbonyl (C=O) groups excluding carboxylic acids is 1. The average Bonchev–Trinajstić information content (AvgIpc) is 3.07. The number of rotatable bonds is 6. The number of fused-ring (bicyclic) bond motifs is 1. The third kappa shape index (κ3) is 4.21. The number of aromatic nitrogens is 3. The molecular formula is C21H16F2N4O2. The van der Waals surface area contributed by atoms with Gasteiger partial charge >= 0.3 is 6.61 Å². The molecule has 0 atom stereocenters. The van der Waals surface area contributed by atoms with Gasteiger partial charge in [-0.2, -0.15) is 13.9 Å². The van der Waals surface area contributed by atoms with Crippen LogP contribution >= 0.6 is 0 Å². The molecule has 146 valence electrons. The molecule has 1 amide bonds. The van der Waals surface area contributed by atoms with E-state index in [0.29, 0.717) is 17.9 Å². The van der Waals surface area contributed by atoms with Gasteiger partial charge in [0.05, 0.1) is 12.1 Å². The summed E-state index contributed by atoms with van der Waals surface area (Å²) in [7, 11) is 0. The van der Waals surface area contributed by atoms with Crippen molar-refractivity contribution in [3.63, 3.8) is 0 Å². The molecule has 0 unspecified atom stereocenters. The minimum Gasteiger partial charge on any atom is -0.435 e. The van der Waals surface area contributed by atoms with E-state index in [-0.39, 0.29) is 11.7 Å². The van der Waals surface area contributed by atoms with Gasteiger partial charge in [-0.05, 0) is 42.0 Å². The number of alkyl halides is 2. The summed E-state index contributed by atoms with van der Waals surface area (Å²) in [5, 5.41) is 8.17. The third-order valence-electron chi connectivity index (χ3n) is 4.31. The summed E-state index contributed by atoms with van der Waals surface area (Å²) < 4.78 is 30.7. The monoisotopic (exact) mass is 394 g/mol. The van der Waals surface area contributed by atoms with E-state index in [1.165, 1.54) is 12.1 Å². The molecule has 0 radical (unpaired) electrons. The van der Waals surface area contributed by atoms with Crippen molar-refractivity contribution in [3.8, 4) is 5.75 Å². The first-order chi connectivity index (χ1) is 14.1. The number of nitrogens with one attached hydrogen (secondary N) is 1. The summed E-state index contributed by atoms with van der Waals surface area (Å²) in [5.74, 6) is 0.260. The van der Waals surface area contributed by atoms with E-state index in [4.69, 9.17) is 0 Å². The quantitative estimate of drug-likeness (QED) is 0.528. The van der Waals surface area contributed by atoms with Crippen LogP contribution in [0.3, 0.4) is 0 Å². The van der Waals surface area contributed by atoms with Crippen molar-refractivity contribution >= 4 is 22.6 Å². The molecule has 0 fully saturated rings. The molecule has 0 saturated carbocycles. The minimum atomic E-state index is -2.86. The average molecular weight is 394 g/mol. The third-order valence-corrected chi connectivity index (χ3v) is 4.31. The topological polar surface area (TPSA) is 69.0 Å². The van der Waals surface area contributed by atoms with Crippen LogP contribution in [0.15, 0.2) is 73.1 Å². The van der Waals surface area contributed by atoms with Crippen LogP contribution in [0.4, 0.5) is 14.6 Å². The van der Waals surface area contributed by atoms with Crippen molar-refractivity contribution in [1.29, 1.82) is 0 Å². The lowest BCUT2D eigenvalue weighted by Crippen LogP contribution is -2.13. The van der Waals surface area contributed by atoms with Crippen LogP contribution in [0, 0.1) is 0 Å². The van der Waals surface area contributed by atoms with E-state index in [9.17, 15) is 13.6 Å². The predicted molar refractivity (Wildman–Crippen MR) is 104 cm³/mol. The van der Waals surface area contributed by atoms with Gasteiger partial charge in [0.1, 0.15) is 5.75 Å². The zero-order chi connectivity index (χ0) is 20.2. The first-order valence-corrected chi connectivity index (χ1v) is 8.81. The van der Waals surface area contributed by atoms with E-state index in [2.05, 4.69) is 20.1 Å². The summed E-state index contributed by atoms with van der Waals surface area (Å²) in [6.07, 6.45) is 3.10. The second-order valence-electron chi connectivity index (χ2n) is 6.24. The maximum absolute atomic E-state index is 12.5. The van der Waals surface area contributed by atoms with Crippen molar-refractivity contribution in [1.82, 2.24) is 14.8 Å². The van der Waals surface area contributed by atoms with E-state index in [1.807, 2.05) is 24.3 Å². The molecule has 8 heteroatoms. The highest BCUT2D eigenvalue weighted by molar-refractivity contribution is 6.07. The molecule has 0 saturated heterocycles. The van der Waals surface area contributed by atoms with Gasteiger partial charge < -0.3 is 10.1 Å². The van der Waals surface area contributed by atoms with E-state index in [1.54, 1.807) is 41.3 Å². The lowest BCUT2D eigenvalue weighted by Gasteiger charge is -2.07. The highest BCUT2D eigenvalue weighted by Crippen LogP contribution is 2.24. The zero-order valence-electron chi connectivity index (χ0n) is 15.1.